The van der Waals surface area contributed by atoms with Crippen LogP contribution < -0.4 is 5.73 Å². The van der Waals surface area contributed by atoms with Gasteiger partial charge in [0.1, 0.15) is 4.75 Å². The van der Waals surface area contributed by atoms with Gasteiger partial charge in [-0.3, -0.25) is 4.79 Å². The van der Waals surface area contributed by atoms with E-state index in [2.05, 4.69) is 12.6 Å². The molecule has 0 spiro atoms. The lowest BCUT2D eigenvalue weighted by atomic mass is 9.98. The van der Waals surface area contributed by atoms with Gasteiger partial charge in [0.05, 0.1) is 0 Å². The van der Waals surface area contributed by atoms with Crippen molar-refractivity contribution in [1.29, 1.82) is 0 Å². The molecule has 1 atom stereocenters. The summed E-state index contributed by atoms with van der Waals surface area (Å²) in [5.41, 5.74) is 6.32. The number of rotatable bonds is 4. The van der Waals surface area contributed by atoms with Crippen molar-refractivity contribution in [2.75, 3.05) is 6.54 Å². The maximum atomic E-state index is 10.9. The van der Waals surface area contributed by atoms with Gasteiger partial charge >= 0.3 is 5.97 Å². The van der Waals surface area contributed by atoms with Crippen molar-refractivity contribution in [1.82, 2.24) is 0 Å². The summed E-state index contributed by atoms with van der Waals surface area (Å²) < 4.78 is -1.17. The van der Waals surface area contributed by atoms with Crippen LogP contribution in [0.15, 0.2) is 30.3 Å². The number of aliphatic carboxylic acids is 1. The topological polar surface area (TPSA) is 63.3 Å². The second-order valence-corrected chi connectivity index (χ2v) is 4.06. The Morgan fingerprint density at radius 3 is 2.43 bits per heavy atom. The predicted molar refractivity (Wildman–Crippen MR) is 58.6 cm³/mol. The maximum absolute atomic E-state index is 10.9. The fourth-order valence-electron chi connectivity index (χ4n) is 1.17. The minimum atomic E-state index is -1.17. The van der Waals surface area contributed by atoms with Gasteiger partial charge in [0.2, 0.25) is 0 Å². The summed E-state index contributed by atoms with van der Waals surface area (Å²) in [6.45, 7) is 0.0142. The maximum Gasteiger partial charge on any atom is 0.321 e. The van der Waals surface area contributed by atoms with Gasteiger partial charge in [-0.2, -0.15) is 12.6 Å². The molecule has 0 heterocycles. The van der Waals surface area contributed by atoms with Gasteiger partial charge in [-0.15, -0.1) is 0 Å². The van der Waals surface area contributed by atoms with Crippen molar-refractivity contribution in [2.24, 2.45) is 5.73 Å². The summed E-state index contributed by atoms with van der Waals surface area (Å²) in [7, 11) is 0. The fraction of sp³-hybridized carbons (Fsp3) is 0.300. The van der Waals surface area contributed by atoms with Gasteiger partial charge in [-0.05, 0) is 12.0 Å². The molecule has 4 heteroatoms. The van der Waals surface area contributed by atoms with Crippen molar-refractivity contribution < 1.29 is 9.90 Å². The van der Waals surface area contributed by atoms with Gasteiger partial charge < -0.3 is 10.8 Å². The van der Waals surface area contributed by atoms with Crippen molar-refractivity contribution in [3.05, 3.63) is 35.9 Å². The molecule has 3 nitrogen and oxygen atoms in total. The van der Waals surface area contributed by atoms with Crippen LogP contribution >= 0.6 is 12.6 Å². The third-order valence-corrected chi connectivity index (χ3v) is 2.61. The molecule has 3 N–H and O–H groups in total. The van der Waals surface area contributed by atoms with Crippen molar-refractivity contribution >= 4 is 18.6 Å². The molecule has 0 saturated heterocycles. The first-order valence-corrected chi connectivity index (χ1v) is 4.73. The largest absolute Gasteiger partial charge is 0.480 e. The zero-order valence-corrected chi connectivity index (χ0v) is 8.58. The number of carbonyl (C=O) groups is 1. The van der Waals surface area contributed by atoms with E-state index in [1.807, 2.05) is 30.3 Å². The molecule has 1 rings (SSSR count). The molecule has 1 aromatic rings. The monoisotopic (exact) mass is 211 g/mol. The second kappa shape index (κ2) is 4.48. The summed E-state index contributed by atoms with van der Waals surface area (Å²) in [5.74, 6) is -0.979. The van der Waals surface area contributed by atoms with Gasteiger partial charge in [-0.1, -0.05) is 30.3 Å². The van der Waals surface area contributed by atoms with Crippen molar-refractivity contribution in [3.63, 3.8) is 0 Å². The lowest BCUT2D eigenvalue weighted by Crippen LogP contribution is -2.42. The molecule has 0 radical (unpaired) electrons. The minimum Gasteiger partial charge on any atom is -0.480 e. The Bertz CT molecular complexity index is 315. The highest BCUT2D eigenvalue weighted by molar-refractivity contribution is 7.82. The van der Waals surface area contributed by atoms with Crippen molar-refractivity contribution in [3.8, 4) is 0 Å². The normalized spacial score (nSPS) is 14.7. The summed E-state index contributed by atoms with van der Waals surface area (Å²) in [6.07, 6.45) is 0.336. The molecule has 0 aromatic heterocycles. The first kappa shape index (κ1) is 11.1. The zero-order valence-electron chi connectivity index (χ0n) is 7.68. The van der Waals surface area contributed by atoms with E-state index < -0.39 is 10.7 Å². The van der Waals surface area contributed by atoms with Crippen molar-refractivity contribution in [2.45, 2.75) is 11.2 Å². The number of nitrogens with two attached hydrogens (primary N) is 1. The second-order valence-electron chi connectivity index (χ2n) is 3.20. The number of carboxylic acids is 1. The van der Waals surface area contributed by atoms with Crippen LogP contribution in [0.2, 0.25) is 0 Å². The molecule has 76 valence electrons. The number of hydrogen-bond acceptors (Lipinski definition) is 3. The average Bonchev–Trinajstić information content (AvgIpc) is 2.19. The molecular formula is C10H13NO2S. The fourth-order valence-corrected chi connectivity index (χ4v) is 1.35. The first-order chi connectivity index (χ1) is 6.58. The molecule has 0 saturated carbocycles. The molecule has 1 unspecified atom stereocenters. The van der Waals surface area contributed by atoms with E-state index >= 15 is 0 Å². The molecule has 0 aliphatic heterocycles. The zero-order chi connectivity index (χ0) is 10.6. The van der Waals surface area contributed by atoms with Crippen LogP contribution in [0, 0.1) is 0 Å². The van der Waals surface area contributed by atoms with E-state index in [-0.39, 0.29) is 6.54 Å². The summed E-state index contributed by atoms with van der Waals surface area (Å²) >= 11 is 4.10. The van der Waals surface area contributed by atoms with Crippen LogP contribution in [-0.2, 0) is 11.2 Å². The third-order valence-electron chi connectivity index (χ3n) is 2.08. The minimum absolute atomic E-state index is 0.0142. The Balaban J connectivity index is 2.81. The van der Waals surface area contributed by atoms with E-state index in [4.69, 9.17) is 10.8 Å². The summed E-state index contributed by atoms with van der Waals surface area (Å²) in [5, 5.41) is 8.94. The van der Waals surface area contributed by atoms with Crippen LogP contribution in [0.1, 0.15) is 5.56 Å². The Labute approximate surface area is 88.3 Å². The predicted octanol–water partition coefficient (Wildman–Crippen LogP) is 0.941. The van der Waals surface area contributed by atoms with Gasteiger partial charge in [0, 0.05) is 6.54 Å². The number of hydrogen-bond donors (Lipinski definition) is 3. The van der Waals surface area contributed by atoms with Crippen LogP contribution in [0.5, 0.6) is 0 Å². The molecule has 0 fully saturated rings. The van der Waals surface area contributed by atoms with E-state index in [0.29, 0.717) is 6.42 Å². The number of carboxylic acid groups (broad SMARTS) is 1. The lowest BCUT2D eigenvalue weighted by Gasteiger charge is -2.21. The van der Waals surface area contributed by atoms with Gasteiger partial charge in [0.25, 0.3) is 0 Å². The average molecular weight is 211 g/mol. The molecule has 1 aromatic carbocycles. The highest BCUT2D eigenvalue weighted by Gasteiger charge is 2.32. The molecule has 0 amide bonds. The first-order valence-electron chi connectivity index (χ1n) is 4.28. The van der Waals surface area contributed by atoms with Gasteiger partial charge in [0.15, 0.2) is 0 Å². The Kier molecular flexibility index (Phi) is 3.55. The Morgan fingerprint density at radius 1 is 1.43 bits per heavy atom. The van der Waals surface area contributed by atoms with Crippen LogP contribution in [0.25, 0.3) is 0 Å². The van der Waals surface area contributed by atoms with Crippen LogP contribution in [0.4, 0.5) is 0 Å². The van der Waals surface area contributed by atoms with E-state index in [1.165, 1.54) is 0 Å². The molecular weight excluding hydrogens is 198 g/mol. The quantitative estimate of drug-likeness (QED) is 0.649. The third kappa shape index (κ3) is 2.49. The smallest absolute Gasteiger partial charge is 0.321 e. The van der Waals surface area contributed by atoms with Crippen LogP contribution in [-0.4, -0.2) is 22.4 Å². The van der Waals surface area contributed by atoms with Crippen LogP contribution in [0.3, 0.4) is 0 Å². The Hall–Kier alpha value is -1.00. The molecule has 0 aliphatic carbocycles. The highest BCUT2D eigenvalue weighted by atomic mass is 32.1. The molecule has 0 aliphatic rings. The van der Waals surface area contributed by atoms with E-state index in [9.17, 15) is 4.79 Å². The molecule has 14 heavy (non-hydrogen) atoms. The lowest BCUT2D eigenvalue weighted by molar-refractivity contribution is -0.139. The van der Waals surface area contributed by atoms with E-state index in [1.54, 1.807) is 0 Å². The number of benzene rings is 1. The summed E-state index contributed by atoms with van der Waals surface area (Å²) in [4.78, 5) is 10.9. The standard InChI is InChI=1S/C10H13NO2S/c11-7-10(14,9(12)13)6-8-4-2-1-3-5-8/h1-5,14H,6-7,11H2,(H,12,13). The van der Waals surface area contributed by atoms with E-state index in [0.717, 1.165) is 5.56 Å². The molecule has 0 bridgehead atoms. The number of thiol groups is 1. The SMILES string of the molecule is NCC(S)(Cc1ccccc1)C(=O)O. The Morgan fingerprint density at radius 2 is 2.00 bits per heavy atom. The van der Waals surface area contributed by atoms with Gasteiger partial charge in [-0.25, -0.2) is 0 Å². The summed E-state index contributed by atoms with van der Waals surface area (Å²) in [6, 6.07) is 9.34. The highest BCUT2D eigenvalue weighted by Crippen LogP contribution is 2.19.